The number of carbonyl (C=O) groups excluding carboxylic acids is 1. The van der Waals surface area contributed by atoms with Gasteiger partial charge in [0.15, 0.2) is 0 Å². The molecule has 0 heterocycles. The predicted molar refractivity (Wildman–Crippen MR) is 81.8 cm³/mol. The summed E-state index contributed by atoms with van der Waals surface area (Å²) in [6.07, 6.45) is 0. The molecule has 0 bridgehead atoms. The van der Waals surface area contributed by atoms with E-state index in [0.717, 1.165) is 17.1 Å². The van der Waals surface area contributed by atoms with Gasteiger partial charge in [-0.15, -0.1) is 0 Å². The van der Waals surface area contributed by atoms with E-state index >= 15 is 0 Å². The number of methoxy groups -OCH3 is 1. The Bertz CT molecular complexity index is 588. The number of hydrogen-bond donors (Lipinski definition) is 0. The Balaban J connectivity index is 1.95. The second-order valence-electron chi connectivity index (χ2n) is 4.86. The molecule has 0 saturated carbocycles. The molecule has 0 N–H and O–H groups in total. The molecule has 0 radical (unpaired) electrons. The first kappa shape index (κ1) is 14.9. The third-order valence-corrected chi connectivity index (χ3v) is 3.07. The lowest BCUT2D eigenvalue weighted by Crippen LogP contribution is -2.21. The van der Waals surface area contributed by atoms with Crippen molar-refractivity contribution >= 4 is 5.91 Å². The molecule has 0 spiro atoms. The minimum atomic E-state index is -0.00220. The van der Waals surface area contributed by atoms with Crippen molar-refractivity contribution in [2.75, 3.05) is 21.2 Å². The zero-order valence-electron chi connectivity index (χ0n) is 12.5. The van der Waals surface area contributed by atoms with Crippen LogP contribution in [0.3, 0.4) is 0 Å². The number of carbonyl (C=O) groups is 1. The van der Waals surface area contributed by atoms with E-state index in [0.29, 0.717) is 12.2 Å². The van der Waals surface area contributed by atoms with E-state index in [9.17, 15) is 4.79 Å². The van der Waals surface area contributed by atoms with Crippen LogP contribution in [0.1, 0.15) is 15.9 Å². The summed E-state index contributed by atoms with van der Waals surface area (Å²) >= 11 is 0. The van der Waals surface area contributed by atoms with Crippen LogP contribution in [0, 0.1) is 0 Å². The fraction of sp³-hybridized carbons (Fsp3) is 0.235. The fourth-order valence-corrected chi connectivity index (χ4v) is 1.84. The monoisotopic (exact) mass is 285 g/mol. The number of nitrogens with zero attached hydrogens (tertiary/aromatic N) is 1. The summed E-state index contributed by atoms with van der Waals surface area (Å²) in [4.78, 5) is 13.3. The molecule has 21 heavy (non-hydrogen) atoms. The van der Waals surface area contributed by atoms with E-state index in [1.807, 2.05) is 48.5 Å². The van der Waals surface area contributed by atoms with Gasteiger partial charge in [0.2, 0.25) is 0 Å². The first-order valence-electron chi connectivity index (χ1n) is 6.67. The van der Waals surface area contributed by atoms with E-state index in [1.54, 1.807) is 26.1 Å². The Hall–Kier alpha value is -2.49. The van der Waals surface area contributed by atoms with E-state index < -0.39 is 0 Å². The first-order chi connectivity index (χ1) is 10.1. The highest BCUT2D eigenvalue weighted by Crippen LogP contribution is 2.18. The Kier molecular flexibility index (Phi) is 4.82. The first-order valence-corrected chi connectivity index (χ1v) is 6.67. The van der Waals surface area contributed by atoms with Crippen molar-refractivity contribution in [1.82, 2.24) is 4.90 Å². The van der Waals surface area contributed by atoms with Gasteiger partial charge in [-0.2, -0.15) is 0 Å². The SMILES string of the molecule is COc1ccc(OCc2ccc(C(=O)N(C)C)cc2)cc1. The minimum Gasteiger partial charge on any atom is -0.497 e. The van der Waals surface area contributed by atoms with Crippen LogP contribution < -0.4 is 9.47 Å². The Morgan fingerprint density at radius 1 is 0.952 bits per heavy atom. The molecule has 0 atom stereocenters. The smallest absolute Gasteiger partial charge is 0.253 e. The summed E-state index contributed by atoms with van der Waals surface area (Å²) in [6.45, 7) is 0.461. The highest BCUT2D eigenvalue weighted by molar-refractivity contribution is 5.93. The number of hydrogen-bond acceptors (Lipinski definition) is 3. The van der Waals surface area contributed by atoms with Gasteiger partial charge in [-0.25, -0.2) is 0 Å². The van der Waals surface area contributed by atoms with Gasteiger partial charge in [-0.05, 0) is 42.0 Å². The molecular formula is C17H19NO3. The van der Waals surface area contributed by atoms with Gasteiger partial charge in [0, 0.05) is 19.7 Å². The summed E-state index contributed by atoms with van der Waals surface area (Å²) in [5.74, 6) is 1.58. The summed E-state index contributed by atoms with van der Waals surface area (Å²) in [5, 5.41) is 0. The average molecular weight is 285 g/mol. The van der Waals surface area contributed by atoms with E-state index in [4.69, 9.17) is 9.47 Å². The fourth-order valence-electron chi connectivity index (χ4n) is 1.84. The van der Waals surface area contributed by atoms with Crippen LogP contribution in [0.25, 0.3) is 0 Å². The minimum absolute atomic E-state index is 0.00220. The van der Waals surface area contributed by atoms with Crippen LogP contribution >= 0.6 is 0 Å². The quantitative estimate of drug-likeness (QED) is 0.847. The number of amides is 1. The van der Waals surface area contributed by atoms with Crippen LogP contribution in [-0.2, 0) is 6.61 Å². The molecule has 4 nitrogen and oxygen atoms in total. The molecule has 0 aliphatic rings. The molecule has 4 heteroatoms. The third-order valence-electron chi connectivity index (χ3n) is 3.07. The summed E-state index contributed by atoms with van der Waals surface area (Å²) in [7, 11) is 5.11. The van der Waals surface area contributed by atoms with Gasteiger partial charge >= 0.3 is 0 Å². The lowest BCUT2D eigenvalue weighted by atomic mass is 10.1. The Morgan fingerprint density at radius 3 is 2.05 bits per heavy atom. The largest absolute Gasteiger partial charge is 0.497 e. The maximum Gasteiger partial charge on any atom is 0.253 e. The summed E-state index contributed by atoms with van der Waals surface area (Å²) in [6, 6.07) is 14.9. The standard InChI is InChI=1S/C17H19NO3/c1-18(2)17(19)14-6-4-13(5-7-14)12-21-16-10-8-15(20-3)9-11-16/h4-11H,12H2,1-3H3. The van der Waals surface area contributed by atoms with Crippen molar-refractivity contribution in [2.24, 2.45) is 0 Å². The predicted octanol–water partition coefficient (Wildman–Crippen LogP) is 2.98. The Labute approximate surface area is 124 Å². The molecule has 0 aliphatic carbocycles. The van der Waals surface area contributed by atoms with E-state index in [-0.39, 0.29) is 5.91 Å². The van der Waals surface area contributed by atoms with Gasteiger partial charge in [0.25, 0.3) is 5.91 Å². The van der Waals surface area contributed by atoms with Gasteiger partial charge in [0.05, 0.1) is 7.11 Å². The molecular weight excluding hydrogens is 266 g/mol. The average Bonchev–Trinajstić information content (AvgIpc) is 2.53. The van der Waals surface area contributed by atoms with Gasteiger partial charge < -0.3 is 14.4 Å². The molecule has 2 aromatic carbocycles. The normalized spacial score (nSPS) is 10.0. The van der Waals surface area contributed by atoms with Crippen LogP contribution in [0.5, 0.6) is 11.5 Å². The van der Waals surface area contributed by atoms with E-state index in [1.165, 1.54) is 0 Å². The second-order valence-corrected chi connectivity index (χ2v) is 4.86. The second kappa shape index (κ2) is 6.79. The third kappa shape index (κ3) is 3.99. The molecule has 1 amide bonds. The lowest BCUT2D eigenvalue weighted by molar-refractivity contribution is 0.0827. The molecule has 0 unspecified atom stereocenters. The van der Waals surface area contributed by atoms with Crippen molar-refractivity contribution < 1.29 is 14.3 Å². The highest BCUT2D eigenvalue weighted by atomic mass is 16.5. The van der Waals surface area contributed by atoms with Gasteiger partial charge in [-0.1, -0.05) is 12.1 Å². The highest BCUT2D eigenvalue weighted by Gasteiger charge is 2.07. The molecule has 0 fully saturated rings. The summed E-state index contributed by atoms with van der Waals surface area (Å²) in [5.41, 5.74) is 1.69. The van der Waals surface area contributed by atoms with Crippen molar-refractivity contribution in [3.05, 3.63) is 59.7 Å². The summed E-state index contributed by atoms with van der Waals surface area (Å²) < 4.78 is 10.8. The number of rotatable bonds is 5. The van der Waals surface area contributed by atoms with Crippen LogP contribution in [0.4, 0.5) is 0 Å². The Morgan fingerprint density at radius 2 is 1.52 bits per heavy atom. The van der Waals surface area contributed by atoms with Crippen molar-refractivity contribution in [1.29, 1.82) is 0 Å². The molecule has 0 aliphatic heterocycles. The zero-order chi connectivity index (χ0) is 15.2. The number of ether oxygens (including phenoxy) is 2. The van der Waals surface area contributed by atoms with E-state index in [2.05, 4.69) is 0 Å². The van der Waals surface area contributed by atoms with Crippen molar-refractivity contribution in [3.63, 3.8) is 0 Å². The van der Waals surface area contributed by atoms with Crippen LogP contribution in [-0.4, -0.2) is 32.0 Å². The van der Waals surface area contributed by atoms with Crippen LogP contribution in [0.2, 0.25) is 0 Å². The molecule has 2 rings (SSSR count). The van der Waals surface area contributed by atoms with Crippen molar-refractivity contribution in [2.45, 2.75) is 6.61 Å². The van der Waals surface area contributed by atoms with Crippen LogP contribution in [0.15, 0.2) is 48.5 Å². The van der Waals surface area contributed by atoms with Gasteiger partial charge in [-0.3, -0.25) is 4.79 Å². The van der Waals surface area contributed by atoms with Gasteiger partial charge in [0.1, 0.15) is 18.1 Å². The molecule has 0 saturated heterocycles. The number of benzene rings is 2. The maximum absolute atomic E-state index is 11.8. The lowest BCUT2D eigenvalue weighted by Gasteiger charge is -2.11. The topological polar surface area (TPSA) is 38.8 Å². The molecule has 2 aromatic rings. The molecule has 110 valence electrons. The van der Waals surface area contributed by atoms with Crippen molar-refractivity contribution in [3.8, 4) is 11.5 Å². The zero-order valence-corrected chi connectivity index (χ0v) is 12.5. The molecule has 0 aromatic heterocycles. The maximum atomic E-state index is 11.8.